The molecule has 5 heteroatoms. The monoisotopic (exact) mass is 278 g/mol. The maximum absolute atomic E-state index is 13.2. The first kappa shape index (κ1) is 12.9. The quantitative estimate of drug-likeness (QED) is 0.703. The van der Waals surface area contributed by atoms with E-state index in [0.717, 1.165) is 16.5 Å². The van der Waals surface area contributed by atoms with E-state index in [-0.39, 0.29) is 5.56 Å². The van der Waals surface area contributed by atoms with E-state index in [1.807, 2.05) is 18.2 Å². The highest BCUT2D eigenvalue weighted by atomic mass is 19.1. The predicted octanol–water partition coefficient (Wildman–Crippen LogP) is 3.57. The molecule has 1 heterocycles. The van der Waals surface area contributed by atoms with Crippen molar-refractivity contribution < 1.29 is 4.39 Å². The molecule has 0 saturated heterocycles. The number of aromatic nitrogens is 1. The van der Waals surface area contributed by atoms with Gasteiger partial charge in [-0.05, 0) is 36.4 Å². The van der Waals surface area contributed by atoms with Crippen LogP contribution in [0.1, 0.15) is 5.56 Å². The average molecular weight is 278 g/mol. The lowest BCUT2D eigenvalue weighted by Crippen LogP contribution is -1.97. The van der Waals surface area contributed by atoms with E-state index < -0.39 is 5.82 Å². The minimum Gasteiger partial charge on any atom is -0.398 e. The second-order valence-electron chi connectivity index (χ2n) is 4.55. The molecule has 102 valence electrons. The number of nitrogens with one attached hydrogen (secondary N) is 1. The number of nitrogens with two attached hydrogens (primary N) is 1. The van der Waals surface area contributed by atoms with E-state index in [2.05, 4.69) is 10.3 Å². The Bertz CT molecular complexity index is 868. The molecule has 3 rings (SSSR count). The summed E-state index contributed by atoms with van der Waals surface area (Å²) in [5, 5.41) is 13.9. The molecule has 4 nitrogen and oxygen atoms in total. The molecule has 2 aromatic carbocycles. The van der Waals surface area contributed by atoms with Crippen LogP contribution in [0.3, 0.4) is 0 Å². The van der Waals surface area contributed by atoms with Crippen molar-refractivity contribution in [1.29, 1.82) is 5.26 Å². The van der Waals surface area contributed by atoms with Gasteiger partial charge in [-0.25, -0.2) is 4.39 Å². The summed E-state index contributed by atoms with van der Waals surface area (Å²) in [4.78, 5) is 4.09. The number of hydrogen-bond donors (Lipinski definition) is 2. The van der Waals surface area contributed by atoms with Crippen LogP contribution in [0.2, 0.25) is 0 Å². The molecule has 0 saturated carbocycles. The molecule has 3 aromatic rings. The summed E-state index contributed by atoms with van der Waals surface area (Å²) in [6, 6.07) is 11.4. The first-order valence-corrected chi connectivity index (χ1v) is 6.28. The van der Waals surface area contributed by atoms with Gasteiger partial charge in [0, 0.05) is 34.5 Å². The third-order valence-corrected chi connectivity index (χ3v) is 3.22. The zero-order valence-electron chi connectivity index (χ0n) is 11.0. The molecule has 0 aliphatic carbocycles. The lowest BCUT2D eigenvalue weighted by atomic mass is 10.1. The van der Waals surface area contributed by atoms with Crippen LogP contribution >= 0.6 is 0 Å². The molecule has 0 spiro atoms. The molecule has 0 fully saturated rings. The Hall–Kier alpha value is -3.13. The van der Waals surface area contributed by atoms with Crippen LogP contribution in [0.4, 0.5) is 21.5 Å². The zero-order valence-corrected chi connectivity index (χ0v) is 11.0. The summed E-state index contributed by atoms with van der Waals surface area (Å²) in [7, 11) is 0. The van der Waals surface area contributed by atoms with Crippen molar-refractivity contribution in [2.24, 2.45) is 0 Å². The summed E-state index contributed by atoms with van der Waals surface area (Å²) < 4.78 is 13.2. The number of pyridine rings is 1. The van der Waals surface area contributed by atoms with Gasteiger partial charge in [0.1, 0.15) is 11.9 Å². The SMILES string of the molecule is N#Cc1cc(F)ccc1Nc1ccc(N)c2ccncc12. The predicted molar refractivity (Wildman–Crippen MR) is 80.6 cm³/mol. The van der Waals surface area contributed by atoms with Crippen molar-refractivity contribution in [3.8, 4) is 6.07 Å². The fourth-order valence-corrected chi connectivity index (χ4v) is 2.19. The lowest BCUT2D eigenvalue weighted by Gasteiger charge is -2.12. The van der Waals surface area contributed by atoms with E-state index >= 15 is 0 Å². The lowest BCUT2D eigenvalue weighted by molar-refractivity contribution is 0.627. The highest BCUT2D eigenvalue weighted by Crippen LogP contribution is 2.30. The number of anilines is 3. The van der Waals surface area contributed by atoms with Gasteiger partial charge in [0.15, 0.2) is 0 Å². The van der Waals surface area contributed by atoms with Crippen LogP contribution in [0.5, 0.6) is 0 Å². The fraction of sp³-hybridized carbons (Fsp3) is 0. The molecule has 1 aromatic heterocycles. The van der Waals surface area contributed by atoms with Crippen molar-refractivity contribution in [1.82, 2.24) is 4.98 Å². The highest BCUT2D eigenvalue weighted by molar-refractivity contribution is 6.01. The zero-order chi connectivity index (χ0) is 14.8. The summed E-state index contributed by atoms with van der Waals surface area (Å²) in [5.74, 6) is -0.444. The molecule has 0 aliphatic heterocycles. The van der Waals surface area contributed by atoms with Crippen LogP contribution in [0.15, 0.2) is 48.8 Å². The van der Waals surface area contributed by atoms with Crippen molar-refractivity contribution in [3.63, 3.8) is 0 Å². The summed E-state index contributed by atoms with van der Waals surface area (Å²) >= 11 is 0. The molecule has 0 atom stereocenters. The Morgan fingerprint density at radius 1 is 1.10 bits per heavy atom. The van der Waals surface area contributed by atoms with Crippen LogP contribution in [-0.4, -0.2) is 4.98 Å². The smallest absolute Gasteiger partial charge is 0.124 e. The number of hydrogen-bond acceptors (Lipinski definition) is 4. The van der Waals surface area contributed by atoms with Crippen LogP contribution in [-0.2, 0) is 0 Å². The summed E-state index contributed by atoms with van der Waals surface area (Å²) in [6.45, 7) is 0. The maximum Gasteiger partial charge on any atom is 0.124 e. The standard InChI is InChI=1S/C16H11FN4/c17-11-1-3-15(10(7-11)8-18)21-16-4-2-14(19)12-5-6-20-9-13(12)16/h1-7,9,21H,19H2. The van der Waals surface area contributed by atoms with Gasteiger partial charge in [-0.2, -0.15) is 5.26 Å². The number of rotatable bonds is 2. The molecule has 3 N–H and O–H groups in total. The number of benzene rings is 2. The molecule has 0 amide bonds. The third-order valence-electron chi connectivity index (χ3n) is 3.22. The van der Waals surface area contributed by atoms with Crippen molar-refractivity contribution in [3.05, 3.63) is 60.2 Å². The van der Waals surface area contributed by atoms with E-state index in [9.17, 15) is 4.39 Å². The minimum atomic E-state index is -0.444. The number of fused-ring (bicyclic) bond motifs is 1. The van der Waals surface area contributed by atoms with Crippen molar-refractivity contribution in [2.75, 3.05) is 11.1 Å². The van der Waals surface area contributed by atoms with E-state index in [1.54, 1.807) is 18.5 Å². The fourth-order valence-electron chi connectivity index (χ4n) is 2.19. The molecule has 0 aliphatic rings. The molecule has 0 unspecified atom stereocenters. The van der Waals surface area contributed by atoms with Crippen LogP contribution in [0, 0.1) is 17.1 Å². The first-order chi connectivity index (χ1) is 10.2. The van der Waals surface area contributed by atoms with Gasteiger partial charge >= 0.3 is 0 Å². The topological polar surface area (TPSA) is 74.7 Å². The van der Waals surface area contributed by atoms with E-state index in [0.29, 0.717) is 11.4 Å². The Kier molecular flexibility index (Phi) is 3.13. The van der Waals surface area contributed by atoms with Gasteiger partial charge in [0.2, 0.25) is 0 Å². The van der Waals surface area contributed by atoms with Gasteiger partial charge in [-0.3, -0.25) is 4.98 Å². The number of nitrogens with zero attached hydrogens (tertiary/aromatic N) is 2. The Morgan fingerprint density at radius 2 is 1.90 bits per heavy atom. The number of nitriles is 1. The third kappa shape index (κ3) is 2.35. The second kappa shape index (κ2) is 5.10. The van der Waals surface area contributed by atoms with E-state index in [1.165, 1.54) is 18.2 Å². The van der Waals surface area contributed by atoms with Gasteiger partial charge in [-0.15, -0.1) is 0 Å². The number of halogens is 1. The highest BCUT2D eigenvalue weighted by Gasteiger charge is 2.08. The molecular formula is C16H11FN4. The van der Waals surface area contributed by atoms with Crippen LogP contribution in [0.25, 0.3) is 10.8 Å². The van der Waals surface area contributed by atoms with Gasteiger partial charge in [0.25, 0.3) is 0 Å². The number of nitrogen functional groups attached to an aromatic ring is 1. The molecule has 0 radical (unpaired) electrons. The van der Waals surface area contributed by atoms with Crippen LogP contribution < -0.4 is 11.1 Å². The molecular weight excluding hydrogens is 267 g/mol. The summed E-state index contributed by atoms with van der Waals surface area (Å²) in [5.41, 5.74) is 8.12. The second-order valence-corrected chi connectivity index (χ2v) is 4.55. The Labute approximate surface area is 120 Å². The molecule has 0 bridgehead atoms. The van der Waals surface area contributed by atoms with Gasteiger partial charge in [0.05, 0.1) is 11.3 Å². The normalized spacial score (nSPS) is 10.3. The first-order valence-electron chi connectivity index (χ1n) is 6.28. The molecule has 21 heavy (non-hydrogen) atoms. The average Bonchev–Trinajstić information content (AvgIpc) is 2.52. The van der Waals surface area contributed by atoms with Gasteiger partial charge < -0.3 is 11.1 Å². The summed E-state index contributed by atoms with van der Waals surface area (Å²) in [6.07, 6.45) is 3.37. The van der Waals surface area contributed by atoms with Crippen molar-refractivity contribution >= 4 is 27.8 Å². The Morgan fingerprint density at radius 3 is 2.71 bits per heavy atom. The van der Waals surface area contributed by atoms with Crippen molar-refractivity contribution in [2.45, 2.75) is 0 Å². The Balaban J connectivity index is 2.11. The maximum atomic E-state index is 13.2. The largest absolute Gasteiger partial charge is 0.398 e. The minimum absolute atomic E-state index is 0.240. The van der Waals surface area contributed by atoms with Gasteiger partial charge in [-0.1, -0.05) is 0 Å². The van der Waals surface area contributed by atoms with E-state index in [4.69, 9.17) is 11.0 Å².